The molecule has 47 valence electrons. The molecule has 0 aliphatic heterocycles. The van der Waals surface area contributed by atoms with Gasteiger partial charge in [0.25, 0.3) is 0 Å². The molecule has 11 heavy (non-hydrogen) atoms. The van der Waals surface area contributed by atoms with Crippen molar-refractivity contribution in [1.29, 1.82) is 0 Å². The van der Waals surface area contributed by atoms with E-state index in [1.165, 1.54) is 0 Å². The normalized spacial score (nSPS) is 4.91. The first kappa shape index (κ1) is 86.0. The number of hydrogen-bond donors (Lipinski definition) is 2. The van der Waals surface area contributed by atoms with Crippen LogP contribution in [0.3, 0.4) is 0 Å². The molecule has 2 nitrogen and oxygen atoms in total. The molecule has 0 aromatic rings. The molecule has 0 amide bonds. The molecule has 0 atom stereocenters. The van der Waals surface area contributed by atoms with Gasteiger partial charge in [0.1, 0.15) is 0 Å². The fourth-order valence-corrected chi connectivity index (χ4v) is 0.500. The maximum Gasteiger partial charge on any atom is 0 e. The first-order valence-corrected chi connectivity index (χ1v) is 3.15. The Morgan fingerprint density at radius 3 is 1.45 bits per heavy atom. The van der Waals surface area contributed by atoms with Crippen LogP contribution in [-0.2, 0) is 32.7 Å². The van der Waals surface area contributed by atoms with E-state index in [0.717, 1.165) is 15.7 Å². The second-order valence-corrected chi connectivity index (χ2v) is 2.07. The molecule has 0 fully saturated rings. The average Bonchev–Trinajstić information content (AvgIpc) is 1.61. The Bertz CT molecular complexity index is 35.3. The topological polar surface area (TPSA) is 52.0 Å². The van der Waals surface area contributed by atoms with E-state index in [1.807, 2.05) is 6.04 Å². The molecule has 0 rings (SSSR count). The van der Waals surface area contributed by atoms with Crippen molar-refractivity contribution in [2.45, 2.75) is 0 Å². The predicted octanol–water partition coefficient (Wildman–Crippen LogP) is -1.28. The molecule has 0 spiro atoms. The standard InChI is InChI=1S/C3H9N2Si.4Rf.Y/c4-1-2-6-3-5;;;;;/h2H,1,3-5H2;;;;;/q-1;;;;;. The van der Waals surface area contributed by atoms with Gasteiger partial charge < -0.3 is 17.5 Å². The third kappa shape index (κ3) is 3430. The molecular weight excluding hydrogens is 1250 g/mol. The van der Waals surface area contributed by atoms with Gasteiger partial charge in [-0.2, -0.15) is 0 Å². The third-order valence-corrected chi connectivity index (χ3v) is 1.14. The molecule has 4 N–H and O–H groups in total. The molecule has 0 aromatic carbocycles. The van der Waals surface area contributed by atoms with Crippen LogP contribution in [0, 0.1) is 6.04 Å². The quantitative estimate of drug-likeness (QED) is 0.211. The second-order valence-electron chi connectivity index (χ2n) is 0.848. The maximum atomic E-state index is 5.14. The smallest absolute Gasteiger partial charge is 0 e. The van der Waals surface area contributed by atoms with Crippen molar-refractivity contribution >= 4 is 9.52 Å². The third-order valence-electron chi connectivity index (χ3n) is 0.380. The van der Waals surface area contributed by atoms with Gasteiger partial charge in [-0.05, 0) is 6.17 Å². The summed E-state index contributed by atoms with van der Waals surface area (Å²) in [5, 5.41) is 0. The summed E-state index contributed by atoms with van der Waals surface area (Å²) in [5.74, 6) is 0. The van der Waals surface area contributed by atoms with Gasteiger partial charge in [-0.3, -0.25) is 0 Å². The fourth-order valence-electron chi connectivity index (χ4n) is 0.167. The summed E-state index contributed by atoms with van der Waals surface area (Å²) in [6.45, 7) is 0.662. The number of nitrogens with two attached hydrogens (primary N) is 2. The molecule has 0 unspecified atom stereocenters. The van der Waals surface area contributed by atoms with Crippen LogP contribution in [0.4, 0.5) is 0 Å². The number of rotatable bonds is 3. The van der Waals surface area contributed by atoms with Gasteiger partial charge in [-0.15, -0.1) is 16.1 Å². The molecule has 3 radical (unpaired) electrons. The van der Waals surface area contributed by atoms with Crippen LogP contribution >= 0.6 is 0 Å². The Morgan fingerprint density at radius 1 is 1.00 bits per heavy atom. The first-order valence-electron chi connectivity index (χ1n) is 1.87. The van der Waals surface area contributed by atoms with E-state index < -0.39 is 0 Å². The van der Waals surface area contributed by atoms with Crippen molar-refractivity contribution in [3.8, 4) is 0 Å². The Kier molecular flexibility index (Phi) is 1430. The Morgan fingerprint density at radius 2 is 1.36 bits per heavy atom. The molecule has 0 bridgehead atoms. The van der Waals surface area contributed by atoms with E-state index in [-0.39, 0.29) is 32.7 Å². The molecule has 0 saturated carbocycles. The monoisotopic (exact) mass is 1260 g/mol. The van der Waals surface area contributed by atoms with Gasteiger partial charge in [0.05, 0.1) is 0 Å². The maximum absolute atomic E-state index is 5.14. The van der Waals surface area contributed by atoms with Crippen molar-refractivity contribution in [2.75, 3.05) is 12.7 Å². The summed E-state index contributed by atoms with van der Waals surface area (Å²) in [6, 6.07) is 1.99. The summed E-state index contributed by atoms with van der Waals surface area (Å²) in [4.78, 5) is 0. The minimum atomic E-state index is 0. The Balaban J connectivity index is -0.0000000125. The van der Waals surface area contributed by atoms with Crippen molar-refractivity contribution in [2.24, 2.45) is 11.5 Å². The largest absolute Gasteiger partial charge is 0.360 e. The van der Waals surface area contributed by atoms with E-state index >= 15 is 0 Å². The van der Waals surface area contributed by atoms with Gasteiger partial charge in [0.15, 0.2) is 0 Å². The van der Waals surface area contributed by atoms with Crippen LogP contribution in [-0.4, -0.2) is 22.2 Å². The van der Waals surface area contributed by atoms with E-state index in [4.69, 9.17) is 11.5 Å². The SMILES string of the molecule is NC[CH-][Si]CN.[Rf].[Rf].[Rf].[Rf].[Y]. The van der Waals surface area contributed by atoms with Crippen LogP contribution in [0.15, 0.2) is 0 Å². The van der Waals surface area contributed by atoms with Gasteiger partial charge in [0, 0.05) is 32.7 Å². The summed E-state index contributed by atoms with van der Waals surface area (Å²) < 4.78 is 0. The first-order chi connectivity index (χ1) is 2.91. The van der Waals surface area contributed by atoms with Crippen LogP contribution in [0.1, 0.15) is 0 Å². The van der Waals surface area contributed by atoms with Crippen LogP contribution < -0.4 is 11.5 Å². The Labute approximate surface area is 72.1 Å². The Hall–Kier alpha value is -2.76. The summed E-state index contributed by atoms with van der Waals surface area (Å²) in [7, 11) is 0.743. The second kappa shape index (κ2) is 183. The molecule has 0 aliphatic carbocycles. The summed E-state index contributed by atoms with van der Waals surface area (Å²) in [6.07, 6.45) is 0.747. The minimum Gasteiger partial charge on any atom is -0.360 e. The van der Waals surface area contributed by atoms with Gasteiger partial charge in [0.2, 0.25) is 0 Å². The van der Waals surface area contributed by atoms with Gasteiger partial charge in [-0.1, -0.05) is 0 Å². The van der Waals surface area contributed by atoms with E-state index in [9.17, 15) is 0 Å². The van der Waals surface area contributed by atoms with E-state index in [1.54, 1.807) is 0 Å². The molecule has 0 aromatic heterocycles. The zero-order valence-corrected chi connectivity index (χ0v) is 36.5. The molecular formula is C3H9N2Rf4SiY-. The molecule has 0 heterocycles. The fraction of sp³-hybridized carbons (Fsp3) is 0.667. The van der Waals surface area contributed by atoms with Crippen LogP contribution in [0.25, 0.3) is 0 Å². The van der Waals surface area contributed by atoms with Crippen molar-refractivity contribution in [3.63, 3.8) is 0 Å². The van der Waals surface area contributed by atoms with Gasteiger partial charge >= 0.3 is 0 Å². The number of hydrogen-bond acceptors (Lipinski definition) is 2. The van der Waals surface area contributed by atoms with Gasteiger partial charge in [-0.25, -0.2) is 0 Å². The van der Waals surface area contributed by atoms with E-state index in [0.29, 0.717) is 6.54 Å². The average molecular weight is 1260 g/mol. The van der Waals surface area contributed by atoms with Crippen molar-refractivity contribution in [1.82, 2.24) is 0 Å². The zero-order chi connectivity index (χ0) is 4.83. The van der Waals surface area contributed by atoms with Crippen LogP contribution in [0.5, 0.6) is 0 Å². The van der Waals surface area contributed by atoms with Crippen molar-refractivity contribution in [3.05, 3.63) is 6.04 Å². The van der Waals surface area contributed by atoms with E-state index in [2.05, 4.69) is 0 Å². The summed E-state index contributed by atoms with van der Waals surface area (Å²) in [5.41, 5.74) is 10.3. The summed E-state index contributed by atoms with van der Waals surface area (Å²) >= 11 is 0. The minimum absolute atomic E-state index is 0. The zero-order valence-electron chi connectivity index (χ0n) is 7.05. The molecule has 8 heteroatoms. The van der Waals surface area contributed by atoms with Crippen LogP contribution in [0.2, 0.25) is 0 Å². The molecule has 0 saturated heterocycles. The predicted molar refractivity (Wildman–Crippen MR) is 28.2 cm³/mol. The molecule has 0 aliphatic rings. The van der Waals surface area contributed by atoms with Crippen molar-refractivity contribution < 1.29 is 32.7 Å².